The molecule has 1 aliphatic heterocycles. The van der Waals surface area contributed by atoms with E-state index in [1.807, 2.05) is 4.90 Å². The molecule has 1 heterocycles. The SMILES string of the molecule is COC(CN1CCSCC1S(C)(=O)=O)OC. The van der Waals surface area contributed by atoms with Crippen molar-refractivity contribution in [1.29, 1.82) is 0 Å². The number of sulfone groups is 1. The molecule has 7 heteroatoms. The molecule has 1 rings (SSSR count). The molecular formula is C9H19NO4S2. The van der Waals surface area contributed by atoms with Gasteiger partial charge in [-0.05, 0) is 0 Å². The highest BCUT2D eigenvalue weighted by Crippen LogP contribution is 2.20. The van der Waals surface area contributed by atoms with E-state index in [1.54, 1.807) is 26.0 Å². The Labute approximate surface area is 101 Å². The van der Waals surface area contributed by atoms with Crippen LogP contribution in [0.15, 0.2) is 0 Å². The van der Waals surface area contributed by atoms with Gasteiger partial charge in [-0.25, -0.2) is 8.42 Å². The molecule has 0 bridgehead atoms. The number of thioether (sulfide) groups is 1. The maximum Gasteiger partial charge on any atom is 0.169 e. The quantitative estimate of drug-likeness (QED) is 0.656. The van der Waals surface area contributed by atoms with Crippen molar-refractivity contribution in [2.24, 2.45) is 0 Å². The minimum atomic E-state index is -3.04. The zero-order valence-electron chi connectivity index (χ0n) is 9.88. The summed E-state index contributed by atoms with van der Waals surface area (Å²) in [5.74, 6) is 1.57. The fourth-order valence-electron chi connectivity index (χ4n) is 1.66. The largest absolute Gasteiger partial charge is 0.355 e. The lowest BCUT2D eigenvalue weighted by Crippen LogP contribution is -2.50. The highest BCUT2D eigenvalue weighted by Gasteiger charge is 2.32. The van der Waals surface area contributed by atoms with Gasteiger partial charge in [0.05, 0.1) is 6.54 Å². The van der Waals surface area contributed by atoms with Crippen LogP contribution in [0.5, 0.6) is 0 Å². The third-order valence-corrected chi connectivity index (χ3v) is 5.28. The summed E-state index contributed by atoms with van der Waals surface area (Å²) < 4.78 is 33.4. The summed E-state index contributed by atoms with van der Waals surface area (Å²) in [5, 5.41) is -0.418. The first-order valence-corrected chi connectivity index (χ1v) is 8.16. The van der Waals surface area contributed by atoms with Crippen molar-refractivity contribution in [2.75, 3.05) is 45.1 Å². The van der Waals surface area contributed by atoms with Crippen LogP contribution in [0.4, 0.5) is 0 Å². The fourth-order valence-corrected chi connectivity index (χ4v) is 4.61. The first kappa shape index (κ1) is 14.2. The first-order chi connectivity index (χ1) is 7.49. The van der Waals surface area contributed by atoms with Crippen molar-refractivity contribution in [3.63, 3.8) is 0 Å². The number of nitrogens with zero attached hydrogens (tertiary/aromatic N) is 1. The van der Waals surface area contributed by atoms with Crippen LogP contribution in [0.2, 0.25) is 0 Å². The van der Waals surface area contributed by atoms with Crippen molar-refractivity contribution in [3.8, 4) is 0 Å². The Hall–Kier alpha value is 0.180. The van der Waals surface area contributed by atoms with Gasteiger partial charge in [-0.2, -0.15) is 11.8 Å². The van der Waals surface area contributed by atoms with E-state index < -0.39 is 15.2 Å². The summed E-state index contributed by atoms with van der Waals surface area (Å²) in [5.41, 5.74) is 0. The van der Waals surface area contributed by atoms with Crippen molar-refractivity contribution in [2.45, 2.75) is 11.7 Å². The molecule has 0 radical (unpaired) electrons. The zero-order chi connectivity index (χ0) is 12.2. The predicted octanol–water partition coefficient (Wildman–Crippen LogP) is 0.0248. The molecular weight excluding hydrogens is 250 g/mol. The maximum atomic E-state index is 11.6. The lowest BCUT2D eigenvalue weighted by molar-refractivity contribution is -0.116. The predicted molar refractivity (Wildman–Crippen MR) is 65.3 cm³/mol. The van der Waals surface area contributed by atoms with Crippen LogP contribution in [0.3, 0.4) is 0 Å². The summed E-state index contributed by atoms with van der Waals surface area (Å²) in [7, 11) is 0.0726. The second-order valence-corrected chi connectivity index (χ2v) is 7.11. The molecule has 0 saturated carbocycles. The Morgan fingerprint density at radius 2 is 2.06 bits per heavy atom. The number of hydrogen-bond acceptors (Lipinski definition) is 6. The van der Waals surface area contributed by atoms with Gasteiger partial charge < -0.3 is 9.47 Å². The summed E-state index contributed by atoms with van der Waals surface area (Å²) in [6, 6.07) is 0. The van der Waals surface area contributed by atoms with Crippen LogP contribution in [-0.2, 0) is 19.3 Å². The van der Waals surface area contributed by atoms with Gasteiger partial charge in [0, 0.05) is 38.5 Å². The van der Waals surface area contributed by atoms with E-state index in [1.165, 1.54) is 6.26 Å². The molecule has 1 fully saturated rings. The first-order valence-electron chi connectivity index (χ1n) is 5.05. The molecule has 0 amide bonds. The molecule has 0 aliphatic carbocycles. The van der Waals surface area contributed by atoms with Crippen LogP contribution in [0.25, 0.3) is 0 Å². The molecule has 1 saturated heterocycles. The molecule has 0 N–H and O–H groups in total. The van der Waals surface area contributed by atoms with Gasteiger partial charge in [0.15, 0.2) is 16.1 Å². The van der Waals surface area contributed by atoms with Gasteiger partial charge in [0.2, 0.25) is 0 Å². The lowest BCUT2D eigenvalue weighted by atomic mass is 10.4. The normalized spacial score (nSPS) is 23.9. The van der Waals surface area contributed by atoms with E-state index in [-0.39, 0.29) is 6.29 Å². The lowest BCUT2D eigenvalue weighted by Gasteiger charge is -2.35. The molecule has 0 aromatic heterocycles. The maximum absolute atomic E-state index is 11.6. The van der Waals surface area contributed by atoms with E-state index >= 15 is 0 Å². The average molecular weight is 269 g/mol. The Morgan fingerprint density at radius 1 is 1.44 bits per heavy atom. The van der Waals surface area contributed by atoms with Gasteiger partial charge >= 0.3 is 0 Å². The van der Waals surface area contributed by atoms with Crippen molar-refractivity contribution in [1.82, 2.24) is 4.90 Å². The molecule has 0 spiro atoms. The molecule has 96 valence electrons. The highest BCUT2D eigenvalue weighted by atomic mass is 32.2. The van der Waals surface area contributed by atoms with E-state index in [0.29, 0.717) is 12.3 Å². The Balaban J connectivity index is 2.67. The average Bonchev–Trinajstić information content (AvgIpc) is 2.25. The summed E-state index contributed by atoms with van der Waals surface area (Å²) in [6.07, 6.45) is 0.915. The van der Waals surface area contributed by atoms with Crippen molar-refractivity contribution >= 4 is 21.6 Å². The molecule has 1 aliphatic rings. The Morgan fingerprint density at radius 3 is 2.56 bits per heavy atom. The summed E-state index contributed by atoms with van der Waals surface area (Å²) >= 11 is 1.67. The third kappa shape index (κ3) is 3.89. The highest BCUT2D eigenvalue weighted by molar-refractivity contribution is 8.00. The van der Waals surface area contributed by atoms with E-state index in [4.69, 9.17) is 9.47 Å². The minimum absolute atomic E-state index is 0.368. The molecule has 1 atom stereocenters. The van der Waals surface area contributed by atoms with Gasteiger partial charge in [-0.15, -0.1) is 0 Å². The molecule has 5 nitrogen and oxygen atoms in total. The Bertz CT molecular complexity index is 303. The summed E-state index contributed by atoms with van der Waals surface area (Å²) in [4.78, 5) is 1.92. The van der Waals surface area contributed by atoms with E-state index in [2.05, 4.69) is 0 Å². The molecule has 16 heavy (non-hydrogen) atoms. The molecule has 0 aromatic rings. The van der Waals surface area contributed by atoms with Crippen molar-refractivity contribution in [3.05, 3.63) is 0 Å². The number of methoxy groups -OCH3 is 2. The second-order valence-electron chi connectivity index (χ2n) is 3.75. The summed E-state index contributed by atoms with van der Waals surface area (Å²) in [6.45, 7) is 1.25. The van der Waals surface area contributed by atoms with E-state index in [0.717, 1.165) is 12.3 Å². The van der Waals surface area contributed by atoms with Crippen LogP contribution in [0, 0.1) is 0 Å². The van der Waals surface area contributed by atoms with Crippen LogP contribution in [-0.4, -0.2) is 70.1 Å². The third-order valence-electron chi connectivity index (χ3n) is 2.59. The number of hydrogen-bond donors (Lipinski definition) is 0. The monoisotopic (exact) mass is 269 g/mol. The van der Waals surface area contributed by atoms with E-state index in [9.17, 15) is 8.42 Å². The smallest absolute Gasteiger partial charge is 0.169 e. The van der Waals surface area contributed by atoms with Crippen molar-refractivity contribution < 1.29 is 17.9 Å². The van der Waals surface area contributed by atoms with Gasteiger partial charge in [-0.3, -0.25) is 4.90 Å². The minimum Gasteiger partial charge on any atom is -0.355 e. The standard InChI is InChI=1S/C9H19NO4S2/c1-13-9(14-2)6-10-4-5-15-7-8(10)16(3,11)12/h8-9H,4-7H2,1-3H3. The molecule has 0 aromatic carbocycles. The number of ether oxygens (including phenoxy) is 2. The van der Waals surface area contributed by atoms with Gasteiger partial charge in [-0.1, -0.05) is 0 Å². The second kappa shape index (κ2) is 6.20. The zero-order valence-corrected chi connectivity index (χ0v) is 11.5. The van der Waals surface area contributed by atoms with Crippen LogP contribution in [0.1, 0.15) is 0 Å². The Kier molecular flexibility index (Phi) is 5.52. The van der Waals surface area contributed by atoms with Gasteiger partial charge in [0.25, 0.3) is 0 Å². The topological polar surface area (TPSA) is 55.8 Å². The molecule has 1 unspecified atom stereocenters. The van der Waals surface area contributed by atoms with Gasteiger partial charge in [0.1, 0.15) is 5.37 Å². The fraction of sp³-hybridized carbons (Fsp3) is 1.00. The van der Waals surface area contributed by atoms with Crippen LogP contribution < -0.4 is 0 Å². The van der Waals surface area contributed by atoms with Crippen LogP contribution >= 0.6 is 11.8 Å². The number of rotatable bonds is 5.